The maximum Gasteiger partial charge on any atom is 0.253 e. The summed E-state index contributed by atoms with van der Waals surface area (Å²) in [4.78, 5) is 12.2. The Hall–Kier alpha value is -1.95. The van der Waals surface area contributed by atoms with Crippen molar-refractivity contribution in [2.24, 2.45) is 10.8 Å². The minimum Gasteiger partial charge on any atom is -0.326 e. The summed E-state index contributed by atoms with van der Waals surface area (Å²) in [7, 11) is 0. The van der Waals surface area contributed by atoms with E-state index in [1.165, 1.54) is 23.2 Å². The zero-order valence-electron chi connectivity index (χ0n) is 11.9. The number of amides is 1. The molecule has 0 unspecified atom stereocenters. The van der Waals surface area contributed by atoms with Gasteiger partial charge in [-0.05, 0) is 35.9 Å². The van der Waals surface area contributed by atoms with Crippen molar-refractivity contribution in [1.29, 1.82) is 0 Å². The van der Waals surface area contributed by atoms with Crippen LogP contribution < -0.4 is 10.7 Å². The lowest BCUT2D eigenvalue weighted by Crippen LogP contribution is -2.19. The Labute approximate surface area is 142 Å². The number of hydrogen-bond acceptors (Lipinski definition) is 3. The summed E-state index contributed by atoms with van der Waals surface area (Å²) in [5.41, 5.74) is 8.13. The quantitative estimate of drug-likeness (QED) is 0.915. The molecule has 0 aliphatic carbocycles. The summed E-state index contributed by atoms with van der Waals surface area (Å²) < 4.78 is 13.3. The molecule has 7 heteroatoms. The van der Waals surface area contributed by atoms with Crippen LogP contribution in [0.1, 0.15) is 17.5 Å². The minimum atomic E-state index is -0.551. The van der Waals surface area contributed by atoms with E-state index in [1.807, 2.05) is 12.1 Å². The second-order valence-electron chi connectivity index (χ2n) is 5.05. The SMILES string of the molecule is NCc1ccc(Cl)c(C2=NN(c3ccc(F)c(Cl)c3)C(=O)C2)c1. The van der Waals surface area contributed by atoms with Gasteiger partial charge in [0.15, 0.2) is 0 Å². The average molecular weight is 352 g/mol. The Morgan fingerprint density at radius 2 is 1.96 bits per heavy atom. The van der Waals surface area contributed by atoms with E-state index in [9.17, 15) is 9.18 Å². The molecule has 3 rings (SSSR count). The molecule has 23 heavy (non-hydrogen) atoms. The number of anilines is 1. The van der Waals surface area contributed by atoms with Crippen LogP contribution in [0.4, 0.5) is 10.1 Å². The van der Waals surface area contributed by atoms with Crippen LogP contribution in [-0.2, 0) is 11.3 Å². The lowest BCUT2D eigenvalue weighted by atomic mass is 10.0. The van der Waals surface area contributed by atoms with E-state index in [4.69, 9.17) is 28.9 Å². The maximum atomic E-state index is 13.3. The van der Waals surface area contributed by atoms with E-state index in [2.05, 4.69) is 5.10 Å². The van der Waals surface area contributed by atoms with Gasteiger partial charge in [-0.1, -0.05) is 29.3 Å². The van der Waals surface area contributed by atoms with E-state index in [0.29, 0.717) is 28.5 Å². The molecule has 1 amide bonds. The van der Waals surface area contributed by atoms with Gasteiger partial charge in [0, 0.05) is 17.1 Å². The van der Waals surface area contributed by atoms with E-state index >= 15 is 0 Å². The standard InChI is InChI=1S/C16H12Cl2FN3O/c17-12-3-1-9(8-20)5-11(12)15-7-16(23)22(21-15)10-2-4-14(19)13(18)6-10/h1-6H,7-8,20H2. The fraction of sp³-hybridized carbons (Fsp3) is 0.125. The van der Waals surface area contributed by atoms with E-state index in [-0.39, 0.29) is 17.4 Å². The predicted molar refractivity (Wildman–Crippen MR) is 89.4 cm³/mol. The van der Waals surface area contributed by atoms with Crippen molar-refractivity contribution >= 4 is 40.5 Å². The first-order chi connectivity index (χ1) is 11.0. The first-order valence-corrected chi connectivity index (χ1v) is 7.59. The van der Waals surface area contributed by atoms with Crippen LogP contribution in [0, 0.1) is 5.82 Å². The third-order valence-electron chi connectivity index (χ3n) is 3.50. The van der Waals surface area contributed by atoms with Crippen LogP contribution >= 0.6 is 23.2 Å². The lowest BCUT2D eigenvalue weighted by Gasteiger charge is -2.11. The summed E-state index contributed by atoms with van der Waals surface area (Å²) in [6.45, 7) is 0.364. The summed E-state index contributed by atoms with van der Waals surface area (Å²) >= 11 is 12.0. The normalized spacial score (nSPS) is 14.3. The third kappa shape index (κ3) is 3.08. The van der Waals surface area contributed by atoms with Crippen molar-refractivity contribution in [2.75, 3.05) is 5.01 Å². The van der Waals surface area contributed by atoms with Gasteiger partial charge in [0.1, 0.15) is 5.82 Å². The number of halogens is 3. The topological polar surface area (TPSA) is 58.7 Å². The molecule has 1 aliphatic rings. The minimum absolute atomic E-state index is 0.0675. The lowest BCUT2D eigenvalue weighted by molar-refractivity contribution is -0.116. The van der Waals surface area contributed by atoms with Crippen LogP contribution in [-0.4, -0.2) is 11.6 Å². The summed E-state index contributed by atoms with van der Waals surface area (Å²) in [6, 6.07) is 9.36. The zero-order chi connectivity index (χ0) is 16.6. The van der Waals surface area contributed by atoms with Gasteiger partial charge >= 0.3 is 0 Å². The summed E-state index contributed by atoms with van der Waals surface area (Å²) in [6.07, 6.45) is 0.0999. The molecule has 1 aliphatic heterocycles. The van der Waals surface area contributed by atoms with Crippen molar-refractivity contribution in [2.45, 2.75) is 13.0 Å². The van der Waals surface area contributed by atoms with E-state index in [0.717, 1.165) is 5.56 Å². The average Bonchev–Trinajstić information content (AvgIpc) is 2.92. The highest BCUT2D eigenvalue weighted by molar-refractivity contribution is 6.35. The highest BCUT2D eigenvalue weighted by Gasteiger charge is 2.27. The monoisotopic (exact) mass is 351 g/mol. The zero-order valence-corrected chi connectivity index (χ0v) is 13.4. The molecule has 0 bridgehead atoms. The highest BCUT2D eigenvalue weighted by Crippen LogP contribution is 2.29. The molecule has 0 spiro atoms. The Bertz CT molecular complexity index is 823. The van der Waals surface area contributed by atoms with E-state index < -0.39 is 5.82 Å². The van der Waals surface area contributed by atoms with Crippen LogP contribution in [0.25, 0.3) is 0 Å². The molecule has 0 radical (unpaired) electrons. The molecule has 1 heterocycles. The second-order valence-corrected chi connectivity index (χ2v) is 5.86. The molecular weight excluding hydrogens is 340 g/mol. The molecule has 2 aromatic rings. The van der Waals surface area contributed by atoms with Crippen molar-refractivity contribution in [1.82, 2.24) is 0 Å². The fourth-order valence-electron chi connectivity index (χ4n) is 2.32. The third-order valence-corrected chi connectivity index (χ3v) is 4.12. The molecule has 0 saturated heterocycles. The molecule has 4 nitrogen and oxygen atoms in total. The number of benzene rings is 2. The maximum absolute atomic E-state index is 13.3. The van der Waals surface area contributed by atoms with Gasteiger partial charge in [-0.25, -0.2) is 9.40 Å². The molecule has 0 aromatic heterocycles. The van der Waals surface area contributed by atoms with Crippen LogP contribution in [0.2, 0.25) is 10.0 Å². The van der Waals surface area contributed by atoms with Gasteiger partial charge in [0.2, 0.25) is 0 Å². The molecular formula is C16H12Cl2FN3O. The molecule has 0 saturated carbocycles. The summed E-state index contributed by atoms with van der Waals surface area (Å²) in [5.74, 6) is -0.790. The van der Waals surface area contributed by atoms with Crippen molar-refractivity contribution in [3.05, 3.63) is 63.4 Å². The number of nitrogens with two attached hydrogens (primary N) is 1. The van der Waals surface area contributed by atoms with Gasteiger partial charge in [0.25, 0.3) is 5.91 Å². The molecule has 118 valence electrons. The number of nitrogens with zero attached hydrogens (tertiary/aromatic N) is 2. The second kappa shape index (κ2) is 6.28. The van der Waals surface area contributed by atoms with E-state index in [1.54, 1.807) is 6.07 Å². The van der Waals surface area contributed by atoms with Crippen LogP contribution in [0.15, 0.2) is 41.5 Å². The Morgan fingerprint density at radius 1 is 1.17 bits per heavy atom. The van der Waals surface area contributed by atoms with Gasteiger partial charge in [-0.2, -0.15) is 5.10 Å². The molecule has 0 atom stereocenters. The number of rotatable bonds is 3. The summed E-state index contributed by atoms with van der Waals surface area (Å²) in [5, 5.41) is 5.94. The van der Waals surface area contributed by atoms with Gasteiger partial charge < -0.3 is 5.73 Å². The predicted octanol–water partition coefficient (Wildman–Crippen LogP) is 3.73. The van der Waals surface area contributed by atoms with Gasteiger partial charge in [-0.3, -0.25) is 4.79 Å². The van der Waals surface area contributed by atoms with Crippen molar-refractivity contribution in [3.63, 3.8) is 0 Å². The molecule has 2 aromatic carbocycles. The Balaban J connectivity index is 2.00. The smallest absolute Gasteiger partial charge is 0.253 e. The molecule has 0 fully saturated rings. The fourth-order valence-corrected chi connectivity index (χ4v) is 2.72. The van der Waals surface area contributed by atoms with Crippen LogP contribution in [0.3, 0.4) is 0 Å². The molecule has 2 N–H and O–H groups in total. The highest BCUT2D eigenvalue weighted by atomic mass is 35.5. The van der Waals surface area contributed by atoms with Crippen molar-refractivity contribution in [3.8, 4) is 0 Å². The Kier molecular flexibility index (Phi) is 4.35. The number of carbonyl (C=O) groups excluding carboxylic acids is 1. The van der Waals surface area contributed by atoms with Crippen LogP contribution in [0.5, 0.6) is 0 Å². The largest absolute Gasteiger partial charge is 0.326 e. The first kappa shape index (κ1) is 15.9. The van der Waals surface area contributed by atoms with Gasteiger partial charge in [-0.15, -0.1) is 0 Å². The number of carbonyl (C=O) groups is 1. The number of hydrazone groups is 1. The Morgan fingerprint density at radius 3 is 2.65 bits per heavy atom. The number of hydrogen-bond donors (Lipinski definition) is 1. The van der Waals surface area contributed by atoms with Gasteiger partial charge in [0.05, 0.1) is 22.8 Å². The van der Waals surface area contributed by atoms with Crippen molar-refractivity contribution < 1.29 is 9.18 Å². The first-order valence-electron chi connectivity index (χ1n) is 6.84.